The zero-order chi connectivity index (χ0) is 20.7. The molecule has 0 bridgehead atoms. The maximum atomic E-state index is 12.4. The number of carbonyl (C=O) groups excluding carboxylic acids is 1. The van der Waals surface area contributed by atoms with Crippen LogP contribution in [0.5, 0.6) is 5.75 Å². The van der Waals surface area contributed by atoms with Gasteiger partial charge in [0.25, 0.3) is 5.91 Å². The molecule has 28 heavy (non-hydrogen) atoms. The number of ether oxygens (including phenoxy) is 1. The third-order valence-corrected chi connectivity index (χ3v) is 4.88. The Balaban J connectivity index is 0.00000136. The molecule has 0 saturated carbocycles. The molecule has 1 heterocycles. The van der Waals surface area contributed by atoms with E-state index in [2.05, 4.69) is 46.5 Å². The minimum absolute atomic E-state index is 0.197. The Kier molecular flexibility index (Phi) is 7.82. The van der Waals surface area contributed by atoms with E-state index >= 15 is 0 Å². The van der Waals surface area contributed by atoms with Crippen LogP contribution in [0.4, 0.5) is 5.69 Å². The van der Waals surface area contributed by atoms with Gasteiger partial charge in [0.1, 0.15) is 5.75 Å². The van der Waals surface area contributed by atoms with Crippen LogP contribution in [-0.4, -0.2) is 12.5 Å². The summed E-state index contributed by atoms with van der Waals surface area (Å²) in [6, 6.07) is 11.9. The van der Waals surface area contributed by atoms with Crippen molar-refractivity contribution in [2.24, 2.45) is 0 Å². The fourth-order valence-electron chi connectivity index (χ4n) is 2.88. The van der Waals surface area contributed by atoms with Crippen molar-refractivity contribution in [1.82, 2.24) is 0 Å². The highest BCUT2D eigenvalue weighted by Crippen LogP contribution is 2.37. The van der Waals surface area contributed by atoms with Gasteiger partial charge in [0, 0.05) is 22.2 Å². The Morgan fingerprint density at radius 1 is 1.21 bits per heavy atom. The Morgan fingerprint density at radius 3 is 2.50 bits per heavy atom. The van der Waals surface area contributed by atoms with E-state index < -0.39 is 0 Å². The SMILES string of the molecule is C=C/C=C(\C(=C)C)C(=O)Nc1ccc(-c2cc3c(cc2Br)CCO3)cc1.CC. The molecule has 0 radical (unpaired) electrons. The second-order valence-corrected chi connectivity index (χ2v) is 7.02. The molecule has 2 aromatic rings. The lowest BCUT2D eigenvalue weighted by atomic mass is 10.0. The lowest BCUT2D eigenvalue weighted by Crippen LogP contribution is -2.14. The van der Waals surface area contributed by atoms with Gasteiger partial charge in [0.05, 0.1) is 6.61 Å². The summed E-state index contributed by atoms with van der Waals surface area (Å²) in [7, 11) is 0. The molecule has 0 aliphatic carbocycles. The molecule has 0 saturated heterocycles. The largest absolute Gasteiger partial charge is 0.493 e. The van der Waals surface area contributed by atoms with Crippen LogP contribution in [0.15, 0.2) is 77.3 Å². The smallest absolute Gasteiger partial charge is 0.255 e. The maximum Gasteiger partial charge on any atom is 0.255 e. The van der Waals surface area contributed by atoms with Gasteiger partial charge in [-0.1, -0.05) is 61.1 Å². The van der Waals surface area contributed by atoms with Crippen LogP contribution < -0.4 is 10.1 Å². The lowest BCUT2D eigenvalue weighted by molar-refractivity contribution is -0.112. The molecule has 3 nitrogen and oxygen atoms in total. The van der Waals surface area contributed by atoms with Crippen molar-refractivity contribution in [2.75, 3.05) is 11.9 Å². The fourth-order valence-corrected chi connectivity index (χ4v) is 3.50. The van der Waals surface area contributed by atoms with Crippen LogP contribution in [0.25, 0.3) is 11.1 Å². The zero-order valence-electron chi connectivity index (χ0n) is 16.6. The van der Waals surface area contributed by atoms with Crippen molar-refractivity contribution in [2.45, 2.75) is 27.2 Å². The number of hydrogen-bond acceptors (Lipinski definition) is 2. The predicted octanol–water partition coefficient (Wildman–Crippen LogP) is 6.70. The van der Waals surface area contributed by atoms with Crippen molar-refractivity contribution >= 4 is 27.5 Å². The van der Waals surface area contributed by atoms with E-state index in [4.69, 9.17) is 4.74 Å². The molecule has 1 amide bonds. The first kappa shape index (κ1) is 21.7. The Morgan fingerprint density at radius 2 is 1.89 bits per heavy atom. The van der Waals surface area contributed by atoms with E-state index in [1.54, 1.807) is 19.1 Å². The summed E-state index contributed by atoms with van der Waals surface area (Å²) in [4.78, 5) is 12.4. The first-order valence-corrected chi connectivity index (χ1v) is 10.1. The molecule has 1 aliphatic rings. The zero-order valence-corrected chi connectivity index (χ0v) is 18.2. The molecule has 1 N–H and O–H groups in total. The van der Waals surface area contributed by atoms with Crippen molar-refractivity contribution in [3.8, 4) is 16.9 Å². The topological polar surface area (TPSA) is 38.3 Å². The summed E-state index contributed by atoms with van der Waals surface area (Å²) in [6.07, 6.45) is 4.19. The minimum Gasteiger partial charge on any atom is -0.493 e. The average molecular weight is 440 g/mol. The number of benzene rings is 2. The normalized spacial score (nSPS) is 12.2. The summed E-state index contributed by atoms with van der Waals surface area (Å²) >= 11 is 3.65. The molecule has 0 fully saturated rings. The molecule has 146 valence electrons. The van der Waals surface area contributed by atoms with Gasteiger partial charge in [-0.05, 0) is 59.5 Å². The van der Waals surface area contributed by atoms with Crippen LogP contribution in [0.2, 0.25) is 0 Å². The van der Waals surface area contributed by atoms with Crippen LogP contribution in [0, 0.1) is 0 Å². The highest BCUT2D eigenvalue weighted by Gasteiger charge is 2.16. The summed E-state index contributed by atoms with van der Waals surface area (Å²) < 4.78 is 6.70. The third kappa shape index (κ3) is 5.02. The summed E-state index contributed by atoms with van der Waals surface area (Å²) in [5.74, 6) is 0.749. The molecule has 4 heteroatoms. The molecule has 0 unspecified atom stereocenters. The Hall–Kier alpha value is -2.59. The lowest BCUT2D eigenvalue weighted by Gasteiger charge is -2.11. The van der Waals surface area contributed by atoms with Gasteiger partial charge in [0.2, 0.25) is 0 Å². The van der Waals surface area contributed by atoms with Gasteiger partial charge in [-0.2, -0.15) is 0 Å². The Bertz CT molecular complexity index is 911. The second-order valence-electron chi connectivity index (χ2n) is 6.17. The molecule has 0 atom stereocenters. The number of fused-ring (bicyclic) bond motifs is 1. The van der Waals surface area contributed by atoms with Gasteiger partial charge in [0.15, 0.2) is 0 Å². The van der Waals surface area contributed by atoms with Gasteiger partial charge in [-0.25, -0.2) is 0 Å². The number of carbonyl (C=O) groups is 1. The predicted molar refractivity (Wildman–Crippen MR) is 122 cm³/mol. The van der Waals surface area contributed by atoms with E-state index in [1.165, 1.54) is 5.56 Å². The number of allylic oxidation sites excluding steroid dienone is 2. The molecule has 2 aromatic carbocycles. The summed E-state index contributed by atoms with van der Waals surface area (Å²) in [6.45, 7) is 14.0. The van der Waals surface area contributed by atoms with Gasteiger partial charge in [-0.3, -0.25) is 4.79 Å². The Labute approximate surface area is 175 Å². The molecule has 3 rings (SSSR count). The number of hydrogen-bond donors (Lipinski definition) is 1. The van der Waals surface area contributed by atoms with Crippen LogP contribution in [-0.2, 0) is 11.2 Å². The third-order valence-electron chi connectivity index (χ3n) is 4.22. The van der Waals surface area contributed by atoms with Crippen LogP contribution in [0.3, 0.4) is 0 Å². The average Bonchev–Trinajstić information content (AvgIpc) is 3.14. The molecular weight excluding hydrogens is 414 g/mol. The summed E-state index contributed by atoms with van der Waals surface area (Å²) in [5, 5.41) is 2.89. The van der Waals surface area contributed by atoms with E-state index in [1.807, 2.05) is 38.1 Å². The molecule has 1 aliphatic heterocycles. The number of halogens is 1. The quantitative estimate of drug-likeness (QED) is 0.415. The standard InChI is InChI=1S/C22H20BrNO2.C2H6/c1-4-5-18(14(2)3)22(25)24-17-8-6-15(7-9-17)19-13-21-16(10-11-26-21)12-20(19)23;1-2/h4-9,12-13H,1-2,10-11H2,3H3,(H,24,25);1-2H3/b18-5+;. The molecule has 0 aromatic heterocycles. The summed E-state index contributed by atoms with van der Waals surface area (Å²) in [5.41, 5.74) is 5.28. The first-order valence-electron chi connectivity index (χ1n) is 9.35. The molecular formula is C24H26BrNO2. The van der Waals surface area contributed by atoms with E-state index in [0.717, 1.165) is 40.1 Å². The maximum absolute atomic E-state index is 12.4. The number of rotatable bonds is 5. The van der Waals surface area contributed by atoms with E-state index in [9.17, 15) is 4.79 Å². The number of amides is 1. The highest BCUT2D eigenvalue weighted by molar-refractivity contribution is 9.10. The van der Waals surface area contributed by atoms with Gasteiger partial charge < -0.3 is 10.1 Å². The van der Waals surface area contributed by atoms with Crippen molar-refractivity contribution in [3.05, 3.63) is 82.9 Å². The van der Waals surface area contributed by atoms with Gasteiger partial charge >= 0.3 is 0 Å². The number of anilines is 1. The number of nitrogens with one attached hydrogen (secondary N) is 1. The monoisotopic (exact) mass is 439 g/mol. The van der Waals surface area contributed by atoms with Crippen LogP contribution >= 0.6 is 15.9 Å². The van der Waals surface area contributed by atoms with Crippen molar-refractivity contribution < 1.29 is 9.53 Å². The first-order chi connectivity index (χ1) is 13.5. The highest BCUT2D eigenvalue weighted by atomic mass is 79.9. The van der Waals surface area contributed by atoms with E-state index in [0.29, 0.717) is 11.1 Å². The van der Waals surface area contributed by atoms with E-state index in [-0.39, 0.29) is 5.91 Å². The van der Waals surface area contributed by atoms with Crippen LogP contribution in [0.1, 0.15) is 26.3 Å². The van der Waals surface area contributed by atoms with Crippen molar-refractivity contribution in [3.63, 3.8) is 0 Å². The van der Waals surface area contributed by atoms with Crippen molar-refractivity contribution in [1.29, 1.82) is 0 Å². The minimum atomic E-state index is -0.197. The second kappa shape index (κ2) is 10.1. The fraction of sp³-hybridized carbons (Fsp3) is 0.208. The van der Waals surface area contributed by atoms with Gasteiger partial charge in [-0.15, -0.1) is 0 Å². The molecule has 0 spiro atoms.